The number of amides is 2. The van der Waals surface area contributed by atoms with Crippen molar-refractivity contribution in [3.8, 4) is 0 Å². The number of aliphatic hydroxyl groups is 1. The summed E-state index contributed by atoms with van der Waals surface area (Å²) in [6, 6.07) is 1.45. The number of aromatic nitrogens is 1. The molecule has 96 valence electrons. The average molecular weight is 248 g/mol. The van der Waals surface area contributed by atoms with Gasteiger partial charge in [-0.05, 0) is 25.3 Å². The maximum Gasteiger partial charge on any atom is 0.252 e. The molecule has 1 aliphatic carbocycles. The lowest BCUT2D eigenvalue weighted by molar-refractivity contribution is -0.137. The summed E-state index contributed by atoms with van der Waals surface area (Å²) in [6.45, 7) is 0. The molecular weight excluding hydrogens is 232 g/mol. The van der Waals surface area contributed by atoms with Crippen LogP contribution in [0.2, 0.25) is 0 Å². The Morgan fingerprint density at radius 2 is 2.17 bits per heavy atom. The van der Waals surface area contributed by atoms with Crippen LogP contribution >= 0.6 is 0 Å². The van der Waals surface area contributed by atoms with Crippen molar-refractivity contribution in [1.29, 1.82) is 0 Å². The van der Waals surface area contributed by atoms with E-state index in [2.05, 4.69) is 0 Å². The van der Waals surface area contributed by atoms with Crippen molar-refractivity contribution in [2.75, 3.05) is 7.05 Å². The van der Waals surface area contributed by atoms with Gasteiger partial charge < -0.3 is 9.67 Å². The first-order valence-electron chi connectivity index (χ1n) is 6.27. The second-order valence-corrected chi connectivity index (χ2v) is 5.04. The third-order valence-electron chi connectivity index (χ3n) is 4.00. The quantitative estimate of drug-likeness (QED) is 0.747. The van der Waals surface area contributed by atoms with Crippen LogP contribution in [0.25, 0.3) is 0 Å². The van der Waals surface area contributed by atoms with Crippen LogP contribution in [0.15, 0.2) is 12.3 Å². The number of likely N-dealkylation sites (tertiary alicyclic amines) is 1. The largest absolute Gasteiger partial charge is 0.388 e. The van der Waals surface area contributed by atoms with E-state index >= 15 is 0 Å². The van der Waals surface area contributed by atoms with Gasteiger partial charge in [-0.25, -0.2) is 0 Å². The predicted molar refractivity (Wildman–Crippen MR) is 63.8 cm³/mol. The van der Waals surface area contributed by atoms with E-state index in [-0.39, 0.29) is 18.2 Å². The highest BCUT2D eigenvalue weighted by Gasteiger charge is 2.38. The summed E-state index contributed by atoms with van der Waals surface area (Å²) in [4.78, 5) is 24.8. The Kier molecular flexibility index (Phi) is 2.52. The van der Waals surface area contributed by atoms with Gasteiger partial charge in [0.15, 0.2) is 0 Å². The van der Waals surface area contributed by atoms with E-state index in [1.54, 1.807) is 0 Å². The van der Waals surface area contributed by atoms with Crippen molar-refractivity contribution in [3.63, 3.8) is 0 Å². The van der Waals surface area contributed by atoms with Crippen LogP contribution in [0, 0.1) is 0 Å². The molecule has 3 rings (SSSR count). The summed E-state index contributed by atoms with van der Waals surface area (Å²) >= 11 is 0. The van der Waals surface area contributed by atoms with E-state index < -0.39 is 12.1 Å². The highest BCUT2D eigenvalue weighted by atomic mass is 16.3. The van der Waals surface area contributed by atoms with E-state index in [0.29, 0.717) is 0 Å². The number of aliphatic hydroxyl groups excluding tert-OH is 1. The molecule has 2 heterocycles. The van der Waals surface area contributed by atoms with Gasteiger partial charge in [0.1, 0.15) is 6.04 Å². The number of hydrogen-bond acceptors (Lipinski definition) is 3. The smallest absolute Gasteiger partial charge is 0.252 e. The van der Waals surface area contributed by atoms with Crippen LogP contribution in [0.5, 0.6) is 0 Å². The molecule has 2 amide bonds. The van der Waals surface area contributed by atoms with Crippen LogP contribution in [-0.4, -0.2) is 33.4 Å². The van der Waals surface area contributed by atoms with Crippen LogP contribution < -0.4 is 0 Å². The lowest BCUT2D eigenvalue weighted by atomic mass is 9.95. The average Bonchev–Trinajstić information content (AvgIpc) is 2.88. The number of imide groups is 1. The number of rotatable bonds is 1. The highest BCUT2D eigenvalue weighted by Crippen LogP contribution is 2.34. The van der Waals surface area contributed by atoms with Crippen molar-refractivity contribution in [2.45, 2.75) is 37.8 Å². The second-order valence-electron chi connectivity index (χ2n) is 5.04. The molecule has 0 radical (unpaired) electrons. The maximum absolute atomic E-state index is 12.0. The molecule has 1 fully saturated rings. The lowest BCUT2D eigenvalue weighted by Crippen LogP contribution is -2.27. The van der Waals surface area contributed by atoms with Crippen LogP contribution in [0.1, 0.15) is 42.7 Å². The fraction of sp³-hybridized carbons (Fsp3) is 0.538. The zero-order chi connectivity index (χ0) is 12.9. The third kappa shape index (κ3) is 1.50. The van der Waals surface area contributed by atoms with E-state index in [1.807, 2.05) is 16.8 Å². The van der Waals surface area contributed by atoms with E-state index in [0.717, 1.165) is 30.5 Å². The number of hydrogen-bond donors (Lipinski definition) is 1. The molecule has 2 unspecified atom stereocenters. The van der Waals surface area contributed by atoms with E-state index in [1.165, 1.54) is 11.9 Å². The molecule has 5 nitrogen and oxygen atoms in total. The van der Waals surface area contributed by atoms with Gasteiger partial charge in [-0.15, -0.1) is 0 Å². The highest BCUT2D eigenvalue weighted by molar-refractivity contribution is 6.04. The summed E-state index contributed by atoms with van der Waals surface area (Å²) < 4.78 is 1.88. The first kappa shape index (κ1) is 11.5. The van der Waals surface area contributed by atoms with Crippen molar-refractivity contribution >= 4 is 11.8 Å². The molecule has 2 aliphatic rings. The Labute approximate surface area is 105 Å². The Hall–Kier alpha value is -1.62. The first-order valence-corrected chi connectivity index (χ1v) is 6.27. The zero-order valence-corrected chi connectivity index (χ0v) is 10.3. The lowest BCUT2D eigenvalue weighted by Gasteiger charge is -2.22. The SMILES string of the molecule is CN1C(=O)CC(n2ccc3c2CCCC3O)C1=O. The van der Waals surface area contributed by atoms with E-state index in [9.17, 15) is 14.7 Å². The molecule has 1 aromatic rings. The van der Waals surface area contributed by atoms with Gasteiger partial charge in [-0.1, -0.05) is 0 Å². The Balaban J connectivity index is 1.99. The van der Waals surface area contributed by atoms with Crippen LogP contribution in [-0.2, 0) is 16.0 Å². The van der Waals surface area contributed by atoms with Crippen LogP contribution in [0.4, 0.5) is 0 Å². The predicted octanol–water partition coefficient (Wildman–Crippen LogP) is 0.788. The molecular formula is C13H16N2O3. The molecule has 18 heavy (non-hydrogen) atoms. The van der Waals surface area contributed by atoms with Crippen molar-refractivity contribution in [3.05, 3.63) is 23.5 Å². The van der Waals surface area contributed by atoms with E-state index in [4.69, 9.17) is 0 Å². The summed E-state index contributed by atoms with van der Waals surface area (Å²) in [5.41, 5.74) is 1.92. The number of likely N-dealkylation sites (N-methyl/N-ethyl adjacent to an activating group) is 1. The van der Waals surface area contributed by atoms with Gasteiger partial charge in [0.2, 0.25) is 5.91 Å². The number of fused-ring (bicyclic) bond motifs is 1. The van der Waals surface area contributed by atoms with Gasteiger partial charge in [-0.3, -0.25) is 14.5 Å². The Morgan fingerprint density at radius 3 is 2.83 bits per heavy atom. The Bertz CT molecular complexity index is 520. The van der Waals surface area contributed by atoms with Gasteiger partial charge in [0.05, 0.1) is 12.5 Å². The summed E-state index contributed by atoms with van der Waals surface area (Å²) in [6.07, 6.45) is 4.18. The number of nitrogens with zero attached hydrogens (tertiary/aromatic N) is 2. The van der Waals surface area contributed by atoms with Crippen molar-refractivity contribution < 1.29 is 14.7 Å². The molecule has 1 saturated heterocycles. The van der Waals surface area contributed by atoms with Crippen molar-refractivity contribution in [2.24, 2.45) is 0 Å². The Morgan fingerprint density at radius 1 is 1.39 bits per heavy atom. The van der Waals surface area contributed by atoms with Crippen molar-refractivity contribution in [1.82, 2.24) is 9.47 Å². The second kappa shape index (κ2) is 3.95. The molecule has 2 atom stereocenters. The van der Waals surface area contributed by atoms with Gasteiger partial charge in [0, 0.05) is 24.5 Å². The molecule has 1 aromatic heterocycles. The number of carbonyl (C=O) groups is 2. The third-order valence-corrected chi connectivity index (χ3v) is 4.00. The normalized spacial score (nSPS) is 27.8. The zero-order valence-electron chi connectivity index (χ0n) is 10.3. The molecule has 1 N–H and O–H groups in total. The molecule has 0 saturated carbocycles. The maximum atomic E-state index is 12.0. The minimum atomic E-state index is -0.431. The molecule has 0 bridgehead atoms. The summed E-state index contributed by atoms with van der Waals surface area (Å²) in [5.74, 6) is -0.290. The fourth-order valence-electron chi connectivity index (χ4n) is 2.94. The van der Waals surface area contributed by atoms with Gasteiger partial charge >= 0.3 is 0 Å². The minimum Gasteiger partial charge on any atom is -0.388 e. The van der Waals surface area contributed by atoms with Gasteiger partial charge in [-0.2, -0.15) is 0 Å². The standard InChI is InChI=1S/C13H16N2O3/c1-14-12(17)7-10(13(14)18)15-6-5-8-9(15)3-2-4-11(8)16/h5-6,10-11,16H,2-4,7H2,1H3. The fourth-order valence-corrected chi connectivity index (χ4v) is 2.94. The molecule has 5 heteroatoms. The van der Waals surface area contributed by atoms with Crippen LogP contribution in [0.3, 0.4) is 0 Å². The van der Waals surface area contributed by atoms with Gasteiger partial charge in [0.25, 0.3) is 5.91 Å². The first-order chi connectivity index (χ1) is 8.59. The molecule has 1 aliphatic heterocycles. The topological polar surface area (TPSA) is 62.5 Å². The summed E-state index contributed by atoms with van der Waals surface area (Å²) in [5, 5.41) is 9.91. The molecule has 0 aromatic carbocycles. The molecule has 0 spiro atoms. The number of carbonyl (C=O) groups excluding carboxylic acids is 2. The summed E-state index contributed by atoms with van der Waals surface area (Å²) in [7, 11) is 1.52. The minimum absolute atomic E-state index is 0.135. The monoisotopic (exact) mass is 248 g/mol.